The minimum atomic E-state index is -0.428. The van der Waals surface area contributed by atoms with Crippen molar-refractivity contribution in [2.75, 3.05) is 12.3 Å². The zero-order valence-electron chi connectivity index (χ0n) is 12.0. The monoisotopic (exact) mass is 278 g/mol. The Morgan fingerprint density at radius 3 is 2.70 bits per heavy atom. The van der Waals surface area contributed by atoms with Crippen molar-refractivity contribution in [2.45, 2.75) is 45.4 Å². The molecule has 1 aromatic rings. The number of carbonyl (C=O) groups is 1. The van der Waals surface area contributed by atoms with E-state index in [0.717, 1.165) is 12.3 Å². The molecule has 0 bridgehead atoms. The summed E-state index contributed by atoms with van der Waals surface area (Å²) in [5.41, 5.74) is 6.70. The summed E-state index contributed by atoms with van der Waals surface area (Å²) in [4.78, 5) is 12.0. The number of hydrogen-bond acceptors (Lipinski definition) is 2. The predicted molar refractivity (Wildman–Crippen MR) is 79.1 cm³/mol. The van der Waals surface area contributed by atoms with Gasteiger partial charge in [-0.05, 0) is 31.4 Å². The Morgan fingerprint density at radius 1 is 1.35 bits per heavy atom. The second-order valence-corrected chi connectivity index (χ2v) is 5.72. The molecule has 0 aromatic heterocycles. The SMILES string of the molecule is Cc1c(N)cc(C(=O)NCCC2CCCCC2)cc1F. The lowest BCUT2D eigenvalue weighted by molar-refractivity contribution is 0.0950. The molecule has 1 aromatic carbocycles. The normalized spacial score (nSPS) is 16.1. The number of nitrogens with two attached hydrogens (primary N) is 1. The summed E-state index contributed by atoms with van der Waals surface area (Å²) in [5, 5.41) is 2.86. The average Bonchev–Trinajstić information content (AvgIpc) is 2.45. The number of amides is 1. The van der Waals surface area contributed by atoms with Crippen molar-refractivity contribution < 1.29 is 9.18 Å². The number of hydrogen-bond donors (Lipinski definition) is 2. The molecule has 1 fully saturated rings. The highest BCUT2D eigenvalue weighted by Gasteiger charge is 2.14. The second-order valence-electron chi connectivity index (χ2n) is 5.72. The first-order valence-corrected chi connectivity index (χ1v) is 7.41. The maximum atomic E-state index is 13.6. The van der Waals surface area contributed by atoms with Crippen LogP contribution >= 0.6 is 0 Å². The van der Waals surface area contributed by atoms with Gasteiger partial charge in [-0.15, -0.1) is 0 Å². The van der Waals surface area contributed by atoms with Crippen molar-refractivity contribution in [3.8, 4) is 0 Å². The van der Waals surface area contributed by atoms with Crippen LogP contribution in [0.5, 0.6) is 0 Å². The van der Waals surface area contributed by atoms with Gasteiger partial charge >= 0.3 is 0 Å². The highest BCUT2D eigenvalue weighted by atomic mass is 19.1. The molecule has 20 heavy (non-hydrogen) atoms. The molecule has 1 saturated carbocycles. The van der Waals surface area contributed by atoms with E-state index in [1.807, 2.05) is 0 Å². The highest BCUT2D eigenvalue weighted by molar-refractivity contribution is 5.95. The van der Waals surface area contributed by atoms with Crippen molar-refractivity contribution in [1.82, 2.24) is 5.32 Å². The first-order valence-electron chi connectivity index (χ1n) is 7.41. The zero-order chi connectivity index (χ0) is 14.5. The summed E-state index contributed by atoms with van der Waals surface area (Å²) >= 11 is 0. The van der Waals surface area contributed by atoms with Crippen molar-refractivity contribution in [3.63, 3.8) is 0 Å². The van der Waals surface area contributed by atoms with Crippen molar-refractivity contribution in [2.24, 2.45) is 5.92 Å². The Morgan fingerprint density at radius 2 is 2.05 bits per heavy atom. The third kappa shape index (κ3) is 3.71. The van der Waals surface area contributed by atoms with Crippen LogP contribution in [-0.4, -0.2) is 12.5 Å². The fourth-order valence-corrected chi connectivity index (χ4v) is 2.80. The first-order chi connectivity index (χ1) is 9.58. The van der Waals surface area contributed by atoms with Crippen LogP contribution in [0.3, 0.4) is 0 Å². The molecule has 0 radical (unpaired) electrons. The van der Waals surface area contributed by atoms with Gasteiger partial charge in [0.25, 0.3) is 5.91 Å². The number of rotatable bonds is 4. The highest BCUT2D eigenvalue weighted by Crippen LogP contribution is 2.25. The summed E-state index contributed by atoms with van der Waals surface area (Å²) in [6.07, 6.45) is 7.49. The fraction of sp³-hybridized carbons (Fsp3) is 0.562. The number of nitrogens with one attached hydrogen (secondary N) is 1. The third-order valence-electron chi connectivity index (χ3n) is 4.21. The molecule has 0 aliphatic heterocycles. The van der Waals surface area contributed by atoms with Crippen LogP contribution in [0.1, 0.15) is 54.4 Å². The molecule has 1 aliphatic rings. The molecule has 0 heterocycles. The predicted octanol–water partition coefficient (Wildman–Crippen LogP) is 3.42. The van der Waals surface area contributed by atoms with E-state index in [4.69, 9.17) is 5.73 Å². The molecule has 1 amide bonds. The van der Waals surface area contributed by atoms with Crippen LogP contribution in [0.4, 0.5) is 10.1 Å². The van der Waals surface area contributed by atoms with E-state index in [-0.39, 0.29) is 5.91 Å². The van der Waals surface area contributed by atoms with Crippen LogP contribution in [0, 0.1) is 18.7 Å². The van der Waals surface area contributed by atoms with Crippen LogP contribution < -0.4 is 11.1 Å². The smallest absolute Gasteiger partial charge is 0.251 e. The third-order valence-corrected chi connectivity index (χ3v) is 4.21. The number of anilines is 1. The van der Waals surface area contributed by atoms with Gasteiger partial charge in [-0.25, -0.2) is 4.39 Å². The van der Waals surface area contributed by atoms with Gasteiger partial charge < -0.3 is 11.1 Å². The molecule has 3 nitrogen and oxygen atoms in total. The molecular weight excluding hydrogens is 255 g/mol. The summed E-state index contributed by atoms with van der Waals surface area (Å²) < 4.78 is 13.6. The number of benzene rings is 1. The molecule has 1 aliphatic carbocycles. The molecule has 4 heteroatoms. The van der Waals surface area contributed by atoms with Crippen LogP contribution in [-0.2, 0) is 0 Å². The van der Waals surface area contributed by atoms with Gasteiger partial charge in [0.1, 0.15) is 5.82 Å². The molecule has 0 spiro atoms. The maximum Gasteiger partial charge on any atom is 0.251 e. The minimum absolute atomic E-state index is 0.244. The van der Waals surface area contributed by atoms with Gasteiger partial charge in [0, 0.05) is 23.4 Å². The zero-order valence-corrected chi connectivity index (χ0v) is 12.0. The molecule has 3 N–H and O–H groups in total. The van der Waals surface area contributed by atoms with Crippen LogP contribution in [0.15, 0.2) is 12.1 Å². The van der Waals surface area contributed by atoms with E-state index < -0.39 is 5.82 Å². The molecule has 0 unspecified atom stereocenters. The molecule has 110 valence electrons. The van der Waals surface area contributed by atoms with Gasteiger partial charge in [-0.1, -0.05) is 32.1 Å². The van der Waals surface area contributed by atoms with Crippen molar-refractivity contribution in [1.29, 1.82) is 0 Å². The van der Waals surface area contributed by atoms with E-state index >= 15 is 0 Å². The lowest BCUT2D eigenvalue weighted by atomic mass is 9.87. The topological polar surface area (TPSA) is 55.1 Å². The Labute approximate surface area is 119 Å². The molecule has 2 rings (SSSR count). The molecule has 0 saturated heterocycles. The molecular formula is C16H23FN2O. The Kier molecular flexibility index (Phi) is 4.99. The number of halogens is 1. The van der Waals surface area contributed by atoms with Crippen molar-refractivity contribution in [3.05, 3.63) is 29.1 Å². The quantitative estimate of drug-likeness (QED) is 0.829. The fourth-order valence-electron chi connectivity index (χ4n) is 2.80. The Hall–Kier alpha value is -1.58. The van der Waals surface area contributed by atoms with Gasteiger partial charge in [0.05, 0.1) is 0 Å². The van der Waals surface area contributed by atoms with E-state index in [0.29, 0.717) is 23.4 Å². The number of nitrogen functional groups attached to an aromatic ring is 1. The minimum Gasteiger partial charge on any atom is -0.398 e. The Balaban J connectivity index is 1.85. The van der Waals surface area contributed by atoms with E-state index in [9.17, 15) is 9.18 Å². The van der Waals surface area contributed by atoms with Crippen LogP contribution in [0.2, 0.25) is 0 Å². The van der Waals surface area contributed by atoms with Gasteiger partial charge in [0.2, 0.25) is 0 Å². The lowest BCUT2D eigenvalue weighted by Crippen LogP contribution is -2.26. The maximum absolute atomic E-state index is 13.6. The summed E-state index contributed by atoms with van der Waals surface area (Å²) in [5.74, 6) is 0.0534. The summed E-state index contributed by atoms with van der Waals surface area (Å²) in [6, 6.07) is 2.79. The number of carbonyl (C=O) groups excluding carboxylic acids is 1. The van der Waals surface area contributed by atoms with Gasteiger partial charge in [0.15, 0.2) is 0 Å². The Bertz CT molecular complexity index is 458. The van der Waals surface area contributed by atoms with E-state index in [2.05, 4.69) is 5.32 Å². The van der Waals surface area contributed by atoms with Crippen LogP contribution in [0.25, 0.3) is 0 Å². The van der Waals surface area contributed by atoms with Gasteiger partial charge in [-0.2, -0.15) is 0 Å². The van der Waals surface area contributed by atoms with Gasteiger partial charge in [-0.3, -0.25) is 4.79 Å². The second kappa shape index (κ2) is 6.73. The summed E-state index contributed by atoms with van der Waals surface area (Å²) in [7, 11) is 0. The van der Waals surface area contributed by atoms with E-state index in [1.165, 1.54) is 44.2 Å². The van der Waals surface area contributed by atoms with E-state index in [1.54, 1.807) is 6.92 Å². The first kappa shape index (κ1) is 14.8. The standard InChI is InChI=1S/C16H23FN2O/c1-11-14(17)9-13(10-15(11)18)16(20)19-8-7-12-5-3-2-4-6-12/h9-10,12H,2-8,18H2,1H3,(H,19,20). The average molecular weight is 278 g/mol. The van der Waals surface area contributed by atoms with Crippen molar-refractivity contribution >= 4 is 11.6 Å². The largest absolute Gasteiger partial charge is 0.398 e. The molecule has 0 atom stereocenters. The summed E-state index contributed by atoms with van der Waals surface area (Å²) in [6.45, 7) is 2.26. The lowest BCUT2D eigenvalue weighted by Gasteiger charge is -2.21.